The van der Waals surface area contributed by atoms with Crippen LogP contribution < -0.4 is 11.1 Å². The van der Waals surface area contributed by atoms with Gasteiger partial charge >= 0.3 is 0 Å². The molecule has 21 heavy (non-hydrogen) atoms. The summed E-state index contributed by atoms with van der Waals surface area (Å²) in [6.45, 7) is 0. The molecule has 0 aromatic heterocycles. The molecule has 0 aliphatic rings. The zero-order chi connectivity index (χ0) is 15.7. The van der Waals surface area contributed by atoms with Gasteiger partial charge in [0.1, 0.15) is 11.6 Å². The minimum Gasteiger partial charge on any atom is -0.396 e. The van der Waals surface area contributed by atoms with E-state index in [1.54, 1.807) is 0 Å². The van der Waals surface area contributed by atoms with Crippen molar-refractivity contribution < 1.29 is 13.6 Å². The summed E-state index contributed by atoms with van der Waals surface area (Å²) in [5.74, 6) is -2.84. The van der Waals surface area contributed by atoms with Crippen molar-refractivity contribution in [2.75, 3.05) is 11.1 Å². The molecule has 0 fully saturated rings. The van der Waals surface area contributed by atoms with Gasteiger partial charge in [-0.05, 0) is 18.2 Å². The van der Waals surface area contributed by atoms with Gasteiger partial charge in [-0.3, -0.25) is 4.79 Å². The number of halogens is 5. The molecule has 1 amide bonds. The third-order valence-corrected chi connectivity index (χ3v) is 3.62. The summed E-state index contributed by atoms with van der Waals surface area (Å²) in [5, 5.41) is 2.84. The molecule has 0 atom stereocenters. The second-order valence-corrected chi connectivity index (χ2v) is 5.28. The Bertz CT molecular complexity index is 738. The Kier molecular flexibility index (Phi) is 4.56. The fourth-order valence-corrected chi connectivity index (χ4v) is 2.14. The van der Waals surface area contributed by atoms with Crippen LogP contribution in [-0.4, -0.2) is 5.91 Å². The first kappa shape index (κ1) is 15.8. The molecule has 2 aromatic carbocycles. The Morgan fingerprint density at radius 3 is 2.24 bits per heavy atom. The van der Waals surface area contributed by atoms with E-state index in [4.69, 9.17) is 40.5 Å². The van der Waals surface area contributed by atoms with Crippen LogP contribution in [0.15, 0.2) is 24.3 Å². The van der Waals surface area contributed by atoms with Crippen LogP contribution in [-0.2, 0) is 0 Å². The van der Waals surface area contributed by atoms with Crippen LogP contribution in [0.2, 0.25) is 15.1 Å². The fourth-order valence-electron chi connectivity index (χ4n) is 1.55. The zero-order valence-corrected chi connectivity index (χ0v) is 12.5. The van der Waals surface area contributed by atoms with Gasteiger partial charge in [0.05, 0.1) is 32.0 Å². The van der Waals surface area contributed by atoms with Crippen LogP contribution in [0.5, 0.6) is 0 Å². The van der Waals surface area contributed by atoms with Gasteiger partial charge in [-0.1, -0.05) is 34.8 Å². The number of hydrogen-bond acceptors (Lipinski definition) is 2. The average Bonchev–Trinajstić information content (AvgIpc) is 2.40. The van der Waals surface area contributed by atoms with Gasteiger partial charge < -0.3 is 11.1 Å². The smallest absolute Gasteiger partial charge is 0.258 e. The van der Waals surface area contributed by atoms with Gasteiger partial charge in [-0.25, -0.2) is 8.78 Å². The Morgan fingerprint density at radius 2 is 1.57 bits per heavy atom. The molecule has 0 radical (unpaired) electrons. The molecule has 0 aliphatic heterocycles. The summed E-state index contributed by atoms with van der Waals surface area (Å²) in [5.41, 5.74) is 4.68. The third-order valence-electron chi connectivity index (χ3n) is 2.59. The Labute approximate surface area is 133 Å². The largest absolute Gasteiger partial charge is 0.396 e. The van der Waals surface area contributed by atoms with Crippen molar-refractivity contribution in [3.8, 4) is 0 Å². The first-order chi connectivity index (χ1) is 9.79. The van der Waals surface area contributed by atoms with Crippen molar-refractivity contribution >= 4 is 52.1 Å². The molecule has 3 nitrogen and oxygen atoms in total. The number of nitrogens with one attached hydrogen (secondary N) is 1. The third kappa shape index (κ3) is 3.37. The average molecular weight is 352 g/mol. The number of rotatable bonds is 2. The second-order valence-electron chi connectivity index (χ2n) is 4.05. The van der Waals surface area contributed by atoms with Crippen LogP contribution in [0.4, 0.5) is 20.2 Å². The first-order valence-electron chi connectivity index (χ1n) is 5.50. The fraction of sp³-hybridized carbons (Fsp3) is 0. The molecule has 2 aromatic rings. The number of nitrogen functional groups attached to an aromatic ring is 1. The number of carbonyl (C=O) groups is 1. The highest BCUT2D eigenvalue weighted by molar-refractivity contribution is 6.44. The van der Waals surface area contributed by atoms with Crippen molar-refractivity contribution in [3.05, 3.63) is 56.5 Å². The van der Waals surface area contributed by atoms with E-state index in [0.29, 0.717) is 6.07 Å². The maximum Gasteiger partial charge on any atom is 0.258 e. The van der Waals surface area contributed by atoms with Gasteiger partial charge in [0.2, 0.25) is 0 Å². The second kappa shape index (κ2) is 6.05. The minimum atomic E-state index is -1.05. The van der Waals surface area contributed by atoms with E-state index in [-0.39, 0.29) is 26.4 Å². The van der Waals surface area contributed by atoms with Crippen LogP contribution >= 0.6 is 34.8 Å². The van der Waals surface area contributed by atoms with Crippen LogP contribution in [0, 0.1) is 11.6 Å². The predicted octanol–water partition coefficient (Wildman–Crippen LogP) is 4.76. The molecular weight excluding hydrogens is 345 g/mol. The lowest BCUT2D eigenvalue weighted by molar-refractivity contribution is 0.102. The monoisotopic (exact) mass is 350 g/mol. The van der Waals surface area contributed by atoms with Crippen molar-refractivity contribution in [1.82, 2.24) is 0 Å². The number of hydrogen-bond donors (Lipinski definition) is 2. The molecule has 0 unspecified atom stereocenters. The molecule has 0 spiro atoms. The first-order valence-corrected chi connectivity index (χ1v) is 6.63. The van der Waals surface area contributed by atoms with E-state index in [2.05, 4.69) is 5.32 Å². The van der Waals surface area contributed by atoms with Gasteiger partial charge in [0.25, 0.3) is 5.91 Å². The lowest BCUT2D eigenvalue weighted by Gasteiger charge is -2.10. The lowest BCUT2D eigenvalue weighted by atomic mass is 10.1. The van der Waals surface area contributed by atoms with Gasteiger partial charge in [0.15, 0.2) is 0 Å². The topological polar surface area (TPSA) is 55.1 Å². The summed E-state index contributed by atoms with van der Waals surface area (Å²) in [6, 6.07) is 4.07. The molecule has 2 rings (SSSR count). The Hall–Kier alpha value is -1.56. The predicted molar refractivity (Wildman–Crippen MR) is 80.2 cm³/mol. The SMILES string of the molecule is Nc1cc(C(=O)Nc2cc(Cl)c(Cl)cc2Cl)c(F)cc1F. The van der Waals surface area contributed by atoms with Crippen molar-refractivity contribution in [1.29, 1.82) is 0 Å². The van der Waals surface area contributed by atoms with E-state index in [1.165, 1.54) is 12.1 Å². The standard InChI is InChI=1S/C13H7Cl3F2N2O/c14-6-2-8(16)12(3-7(6)15)20-13(21)5-1-11(19)10(18)4-9(5)17/h1-4H,19H2,(H,20,21). The maximum absolute atomic E-state index is 13.6. The van der Waals surface area contributed by atoms with Gasteiger partial charge in [-0.15, -0.1) is 0 Å². The lowest BCUT2D eigenvalue weighted by Crippen LogP contribution is -2.15. The van der Waals surface area contributed by atoms with Gasteiger partial charge in [-0.2, -0.15) is 0 Å². The highest BCUT2D eigenvalue weighted by atomic mass is 35.5. The molecule has 3 N–H and O–H groups in total. The molecule has 0 saturated heterocycles. The normalized spacial score (nSPS) is 10.5. The number of nitrogens with two attached hydrogens (primary N) is 1. The van der Waals surface area contributed by atoms with Crippen molar-refractivity contribution in [3.63, 3.8) is 0 Å². The van der Waals surface area contributed by atoms with E-state index in [9.17, 15) is 13.6 Å². The summed E-state index contributed by atoms with van der Waals surface area (Å²) in [4.78, 5) is 12.0. The minimum absolute atomic E-state index is 0.119. The Balaban J connectivity index is 2.35. The van der Waals surface area contributed by atoms with Crippen LogP contribution in [0.1, 0.15) is 10.4 Å². The van der Waals surface area contributed by atoms with Gasteiger partial charge in [0, 0.05) is 6.07 Å². The van der Waals surface area contributed by atoms with E-state index in [0.717, 1.165) is 6.07 Å². The number of carbonyl (C=O) groups excluding carboxylic acids is 1. The molecule has 0 bridgehead atoms. The summed E-state index contributed by atoms with van der Waals surface area (Å²) >= 11 is 17.5. The molecule has 0 saturated carbocycles. The Morgan fingerprint density at radius 1 is 0.952 bits per heavy atom. The van der Waals surface area contributed by atoms with E-state index in [1.807, 2.05) is 0 Å². The highest BCUT2D eigenvalue weighted by Crippen LogP contribution is 2.32. The van der Waals surface area contributed by atoms with E-state index >= 15 is 0 Å². The maximum atomic E-state index is 13.6. The molecular formula is C13H7Cl3F2N2O. The summed E-state index contributed by atoms with van der Waals surface area (Å²) in [6.07, 6.45) is 0. The molecule has 0 heterocycles. The van der Waals surface area contributed by atoms with Crippen LogP contribution in [0.3, 0.4) is 0 Å². The number of amides is 1. The molecule has 110 valence electrons. The van der Waals surface area contributed by atoms with Crippen molar-refractivity contribution in [2.45, 2.75) is 0 Å². The van der Waals surface area contributed by atoms with Crippen LogP contribution in [0.25, 0.3) is 0 Å². The quantitative estimate of drug-likeness (QED) is 0.605. The number of anilines is 2. The van der Waals surface area contributed by atoms with Crippen molar-refractivity contribution in [2.24, 2.45) is 0 Å². The van der Waals surface area contributed by atoms with E-state index < -0.39 is 23.1 Å². The molecule has 0 aliphatic carbocycles. The highest BCUT2D eigenvalue weighted by Gasteiger charge is 2.17. The summed E-state index contributed by atoms with van der Waals surface area (Å²) < 4.78 is 26.7. The zero-order valence-electron chi connectivity index (χ0n) is 10.2. The number of benzene rings is 2. The summed E-state index contributed by atoms with van der Waals surface area (Å²) in [7, 11) is 0. The molecule has 8 heteroatoms.